The number of rotatable bonds is 7. The van der Waals surface area contributed by atoms with E-state index in [1.165, 1.54) is 7.11 Å². The van der Waals surface area contributed by atoms with E-state index in [0.717, 1.165) is 28.1 Å². The van der Waals surface area contributed by atoms with Crippen LogP contribution in [0, 0.1) is 6.92 Å². The summed E-state index contributed by atoms with van der Waals surface area (Å²) in [5, 5.41) is 3.40. The molecule has 0 aliphatic carbocycles. The van der Waals surface area contributed by atoms with Gasteiger partial charge >= 0.3 is 5.97 Å². The van der Waals surface area contributed by atoms with E-state index in [2.05, 4.69) is 10.3 Å². The topological polar surface area (TPSA) is 65.4 Å². The van der Waals surface area contributed by atoms with Gasteiger partial charge in [0.1, 0.15) is 5.75 Å². The number of alkyl halides is 2. The Balaban J connectivity index is 1.39. The molecule has 2 heterocycles. The first-order chi connectivity index (χ1) is 17.0. The Hall–Kier alpha value is -3.94. The van der Waals surface area contributed by atoms with Gasteiger partial charge in [-0.1, -0.05) is 30.3 Å². The fourth-order valence-electron chi connectivity index (χ4n) is 4.59. The number of carbonyl (C=O) groups is 1. The first kappa shape index (κ1) is 22.8. The van der Waals surface area contributed by atoms with Gasteiger partial charge in [0.05, 0.1) is 36.9 Å². The fourth-order valence-corrected chi connectivity index (χ4v) is 4.59. The van der Waals surface area contributed by atoms with E-state index in [9.17, 15) is 13.6 Å². The zero-order valence-electron chi connectivity index (χ0n) is 19.4. The molecular weight excluding hydrogens is 452 g/mol. The van der Waals surface area contributed by atoms with Crippen molar-refractivity contribution in [2.45, 2.75) is 32.2 Å². The van der Waals surface area contributed by atoms with Crippen LogP contribution in [0.4, 0.5) is 14.5 Å². The number of esters is 1. The van der Waals surface area contributed by atoms with Crippen LogP contribution >= 0.6 is 0 Å². The molecule has 0 fully saturated rings. The standard InChI is InChI=1S/C27H25F2N3O3/c1-16-17(14-30-19-10-11-20-18(12-25(33)34-2)15-35-24(20)13-19)6-5-9-22(16)32-23-8-4-3-7-21(23)31-27(32)26(28)29/h3-11,13,18,26,30H,12,14-15H2,1-2H3. The van der Waals surface area contributed by atoms with Gasteiger partial charge in [0.25, 0.3) is 6.43 Å². The van der Waals surface area contributed by atoms with Crippen LogP contribution in [0.15, 0.2) is 60.7 Å². The molecule has 1 N–H and O–H groups in total. The van der Waals surface area contributed by atoms with Gasteiger partial charge in [-0.25, -0.2) is 13.8 Å². The molecule has 4 aromatic rings. The molecule has 180 valence electrons. The van der Waals surface area contributed by atoms with Crippen LogP contribution < -0.4 is 10.1 Å². The van der Waals surface area contributed by atoms with Crippen molar-refractivity contribution in [1.29, 1.82) is 0 Å². The van der Waals surface area contributed by atoms with Gasteiger partial charge in [0.2, 0.25) is 0 Å². The van der Waals surface area contributed by atoms with Crippen LogP contribution in [-0.4, -0.2) is 29.2 Å². The number of nitrogens with zero attached hydrogens (tertiary/aromatic N) is 2. The molecule has 1 aliphatic heterocycles. The molecule has 0 bridgehead atoms. The summed E-state index contributed by atoms with van der Waals surface area (Å²) in [4.78, 5) is 15.8. The Bertz CT molecular complexity index is 1400. The fraction of sp³-hybridized carbons (Fsp3) is 0.259. The highest BCUT2D eigenvalue weighted by Gasteiger charge is 2.27. The first-order valence-corrected chi connectivity index (χ1v) is 11.4. The summed E-state index contributed by atoms with van der Waals surface area (Å²) in [6.45, 7) is 2.88. The summed E-state index contributed by atoms with van der Waals surface area (Å²) < 4.78 is 39.8. The summed E-state index contributed by atoms with van der Waals surface area (Å²) in [7, 11) is 1.38. The third kappa shape index (κ3) is 4.32. The zero-order chi connectivity index (χ0) is 24.5. The van der Waals surface area contributed by atoms with Crippen LogP contribution in [0.25, 0.3) is 16.7 Å². The lowest BCUT2D eigenvalue weighted by Crippen LogP contribution is -2.09. The number of carbonyl (C=O) groups excluding carboxylic acids is 1. The lowest BCUT2D eigenvalue weighted by molar-refractivity contribution is -0.141. The number of methoxy groups -OCH3 is 1. The molecule has 6 nitrogen and oxygen atoms in total. The number of hydrogen-bond acceptors (Lipinski definition) is 5. The highest BCUT2D eigenvalue weighted by molar-refractivity contribution is 5.79. The molecule has 1 unspecified atom stereocenters. The maximum Gasteiger partial charge on any atom is 0.306 e. The van der Waals surface area contributed by atoms with Gasteiger partial charge in [-0.15, -0.1) is 0 Å². The molecule has 35 heavy (non-hydrogen) atoms. The SMILES string of the molecule is COC(=O)CC1COc2cc(NCc3cccc(-n4c(C(F)F)nc5ccccc54)c3C)ccc21. The zero-order valence-corrected chi connectivity index (χ0v) is 19.4. The first-order valence-electron chi connectivity index (χ1n) is 11.4. The van der Waals surface area contributed by atoms with Crippen LogP contribution in [-0.2, 0) is 16.1 Å². The highest BCUT2D eigenvalue weighted by atomic mass is 19.3. The molecule has 0 saturated carbocycles. The maximum atomic E-state index is 13.8. The second kappa shape index (κ2) is 9.37. The number of ether oxygens (including phenoxy) is 2. The van der Waals surface area contributed by atoms with Gasteiger partial charge in [-0.05, 0) is 42.3 Å². The van der Waals surface area contributed by atoms with Crippen molar-refractivity contribution in [3.8, 4) is 11.4 Å². The molecule has 1 aromatic heterocycles. The predicted octanol–water partition coefficient (Wildman–Crippen LogP) is 5.92. The Morgan fingerprint density at radius 2 is 2.03 bits per heavy atom. The average molecular weight is 478 g/mol. The monoisotopic (exact) mass is 477 g/mol. The van der Waals surface area contributed by atoms with Crippen molar-refractivity contribution >= 4 is 22.7 Å². The molecule has 0 saturated heterocycles. The van der Waals surface area contributed by atoms with Gasteiger partial charge in [0.15, 0.2) is 5.82 Å². The minimum Gasteiger partial charge on any atom is -0.493 e. The second-order valence-electron chi connectivity index (χ2n) is 8.55. The van der Waals surface area contributed by atoms with Crippen molar-refractivity contribution in [3.63, 3.8) is 0 Å². The number of hydrogen-bond donors (Lipinski definition) is 1. The Labute approximate surface area is 201 Å². The predicted molar refractivity (Wildman–Crippen MR) is 129 cm³/mol. The molecule has 0 spiro atoms. The molecule has 5 rings (SSSR count). The third-order valence-corrected chi connectivity index (χ3v) is 6.46. The molecule has 1 aliphatic rings. The maximum absolute atomic E-state index is 13.8. The summed E-state index contributed by atoms with van der Waals surface area (Å²) in [5.74, 6) is 0.210. The Morgan fingerprint density at radius 3 is 2.83 bits per heavy atom. The largest absolute Gasteiger partial charge is 0.493 e. The summed E-state index contributed by atoms with van der Waals surface area (Å²) in [6, 6.07) is 18.7. The summed E-state index contributed by atoms with van der Waals surface area (Å²) >= 11 is 0. The number of anilines is 1. The number of benzene rings is 3. The average Bonchev–Trinajstić information content (AvgIpc) is 3.44. The normalized spacial score (nSPS) is 14.7. The van der Waals surface area contributed by atoms with Crippen LogP contribution in [0.5, 0.6) is 5.75 Å². The third-order valence-electron chi connectivity index (χ3n) is 6.46. The lowest BCUT2D eigenvalue weighted by atomic mass is 9.97. The number of aromatic nitrogens is 2. The van der Waals surface area contributed by atoms with E-state index in [4.69, 9.17) is 9.47 Å². The van der Waals surface area contributed by atoms with Crippen LogP contribution in [0.3, 0.4) is 0 Å². The molecular formula is C27H25F2N3O3. The Morgan fingerprint density at radius 1 is 1.20 bits per heavy atom. The van der Waals surface area contributed by atoms with E-state index < -0.39 is 6.43 Å². The van der Waals surface area contributed by atoms with Gasteiger partial charge < -0.3 is 14.8 Å². The molecule has 1 atom stereocenters. The van der Waals surface area contributed by atoms with Crippen LogP contribution in [0.1, 0.15) is 41.3 Å². The van der Waals surface area contributed by atoms with Crippen molar-refractivity contribution in [3.05, 3.63) is 83.2 Å². The number of halogens is 2. The van der Waals surface area contributed by atoms with Crippen LogP contribution in [0.2, 0.25) is 0 Å². The minimum atomic E-state index is -2.70. The number of imidazole rings is 1. The minimum absolute atomic E-state index is 0.0144. The number of nitrogens with one attached hydrogen (secondary N) is 1. The van der Waals surface area contributed by atoms with Crippen molar-refractivity contribution < 1.29 is 23.0 Å². The second-order valence-corrected chi connectivity index (χ2v) is 8.55. The molecule has 3 aromatic carbocycles. The summed E-state index contributed by atoms with van der Waals surface area (Å²) in [5.41, 5.74) is 5.59. The van der Waals surface area contributed by atoms with Crippen molar-refractivity contribution in [1.82, 2.24) is 9.55 Å². The van der Waals surface area contributed by atoms with E-state index in [-0.39, 0.29) is 24.1 Å². The highest BCUT2D eigenvalue weighted by Crippen LogP contribution is 2.38. The van der Waals surface area contributed by atoms with E-state index in [1.54, 1.807) is 22.8 Å². The summed E-state index contributed by atoms with van der Waals surface area (Å²) in [6.07, 6.45) is -2.41. The molecule has 8 heteroatoms. The van der Waals surface area contributed by atoms with Gasteiger partial charge in [-0.2, -0.15) is 0 Å². The Kier molecular flexibility index (Phi) is 6.11. The molecule has 0 amide bonds. The quantitative estimate of drug-likeness (QED) is 0.335. The van der Waals surface area contributed by atoms with Gasteiger partial charge in [-0.3, -0.25) is 9.36 Å². The molecule has 0 radical (unpaired) electrons. The number of para-hydroxylation sites is 2. The van der Waals surface area contributed by atoms with Gasteiger partial charge in [0, 0.05) is 29.8 Å². The van der Waals surface area contributed by atoms with Crippen molar-refractivity contribution in [2.75, 3.05) is 19.0 Å². The van der Waals surface area contributed by atoms with E-state index >= 15 is 0 Å². The number of fused-ring (bicyclic) bond motifs is 2. The smallest absolute Gasteiger partial charge is 0.306 e. The van der Waals surface area contributed by atoms with E-state index in [1.807, 2.05) is 49.4 Å². The lowest BCUT2D eigenvalue weighted by Gasteiger charge is -2.16. The van der Waals surface area contributed by atoms with E-state index in [0.29, 0.717) is 29.9 Å². The van der Waals surface area contributed by atoms with Crippen molar-refractivity contribution in [2.24, 2.45) is 0 Å².